The summed E-state index contributed by atoms with van der Waals surface area (Å²) in [6, 6.07) is 0. The third-order valence-electron chi connectivity index (χ3n) is 2.95. The first-order chi connectivity index (χ1) is 9.57. The van der Waals surface area contributed by atoms with Crippen molar-refractivity contribution in [3.8, 4) is 0 Å². The van der Waals surface area contributed by atoms with E-state index in [1.54, 1.807) is 6.92 Å². The Balaban J connectivity index is 2.09. The maximum atomic E-state index is 9.69. The molecule has 1 heterocycles. The van der Waals surface area contributed by atoms with Gasteiger partial charge in [-0.25, -0.2) is 0 Å². The Bertz CT molecular complexity index is 256. The van der Waals surface area contributed by atoms with Crippen LogP contribution in [0.2, 0.25) is 0 Å². The second kappa shape index (κ2) is 9.59. The average Bonchev–Trinajstić information content (AvgIpc) is 2.44. The van der Waals surface area contributed by atoms with Crippen molar-refractivity contribution >= 4 is 0 Å². The molecule has 20 heavy (non-hydrogen) atoms. The Labute approximate surface area is 118 Å². The van der Waals surface area contributed by atoms with Crippen LogP contribution in [-0.4, -0.2) is 85.6 Å². The molecule has 0 radical (unpaired) electrons. The van der Waals surface area contributed by atoms with Crippen LogP contribution in [0.1, 0.15) is 6.92 Å². The second-order valence-corrected chi connectivity index (χ2v) is 4.57. The molecule has 1 saturated heterocycles. The van der Waals surface area contributed by atoms with Gasteiger partial charge >= 0.3 is 0 Å². The van der Waals surface area contributed by atoms with Gasteiger partial charge < -0.3 is 40.0 Å². The van der Waals surface area contributed by atoms with Gasteiger partial charge in [-0.05, 0) is 6.92 Å². The lowest BCUT2D eigenvalue weighted by Crippen LogP contribution is -2.57. The van der Waals surface area contributed by atoms with Gasteiger partial charge in [0, 0.05) is 6.54 Å². The molecule has 5 unspecified atom stereocenters. The van der Waals surface area contributed by atoms with Gasteiger partial charge in [0.2, 0.25) is 0 Å². The minimum atomic E-state index is -1.28. The number of ether oxygens (including phenoxy) is 4. The van der Waals surface area contributed by atoms with Gasteiger partial charge in [0.15, 0.2) is 6.29 Å². The molecule has 5 N–H and O–H groups in total. The first-order valence-electron chi connectivity index (χ1n) is 6.74. The molecule has 1 aliphatic rings. The second-order valence-electron chi connectivity index (χ2n) is 4.57. The van der Waals surface area contributed by atoms with Crippen LogP contribution in [0.25, 0.3) is 0 Å². The Hall–Kier alpha value is -0.320. The molecule has 1 rings (SSSR count). The molecule has 0 bridgehead atoms. The van der Waals surface area contributed by atoms with Crippen molar-refractivity contribution in [2.45, 2.75) is 37.6 Å². The fourth-order valence-corrected chi connectivity index (χ4v) is 1.78. The predicted molar refractivity (Wildman–Crippen MR) is 69.0 cm³/mol. The summed E-state index contributed by atoms with van der Waals surface area (Å²) in [5.74, 6) is 0. The summed E-state index contributed by atoms with van der Waals surface area (Å²) in [6.45, 7) is 3.98. The first-order valence-corrected chi connectivity index (χ1v) is 6.74. The molecule has 5 atom stereocenters. The summed E-state index contributed by atoms with van der Waals surface area (Å²) in [6.07, 6.45) is -5.27. The first kappa shape index (κ1) is 17.7. The summed E-state index contributed by atoms with van der Waals surface area (Å²) in [5, 5.41) is 28.8. The average molecular weight is 295 g/mol. The Morgan fingerprint density at radius 1 is 0.900 bits per heavy atom. The van der Waals surface area contributed by atoms with E-state index in [4.69, 9.17) is 24.7 Å². The van der Waals surface area contributed by atoms with E-state index in [9.17, 15) is 15.3 Å². The van der Waals surface area contributed by atoms with Crippen LogP contribution in [0.5, 0.6) is 0 Å². The highest BCUT2D eigenvalue weighted by molar-refractivity contribution is 4.87. The quantitative estimate of drug-likeness (QED) is 0.354. The van der Waals surface area contributed by atoms with Crippen LogP contribution >= 0.6 is 0 Å². The van der Waals surface area contributed by atoms with E-state index in [-0.39, 0.29) is 6.61 Å². The molecule has 1 fully saturated rings. The zero-order valence-electron chi connectivity index (χ0n) is 11.7. The van der Waals surface area contributed by atoms with Crippen LogP contribution in [0.4, 0.5) is 0 Å². The van der Waals surface area contributed by atoms with Crippen LogP contribution in [-0.2, 0) is 18.9 Å². The number of aliphatic hydroxyl groups is 3. The molecule has 1 aliphatic heterocycles. The Morgan fingerprint density at radius 3 is 2.15 bits per heavy atom. The van der Waals surface area contributed by atoms with E-state index >= 15 is 0 Å². The molecule has 0 aromatic rings. The number of hydrogen-bond acceptors (Lipinski definition) is 8. The monoisotopic (exact) mass is 295 g/mol. The van der Waals surface area contributed by atoms with Gasteiger partial charge in [-0.1, -0.05) is 0 Å². The smallest absolute Gasteiger partial charge is 0.186 e. The molecule has 0 amide bonds. The topological polar surface area (TPSA) is 124 Å². The number of rotatable bonds is 9. The van der Waals surface area contributed by atoms with Crippen molar-refractivity contribution in [3.63, 3.8) is 0 Å². The van der Waals surface area contributed by atoms with Gasteiger partial charge in [0.1, 0.15) is 18.3 Å². The molecule has 120 valence electrons. The zero-order valence-corrected chi connectivity index (χ0v) is 11.7. The highest BCUT2D eigenvalue weighted by Crippen LogP contribution is 2.21. The lowest BCUT2D eigenvalue weighted by Gasteiger charge is -2.38. The van der Waals surface area contributed by atoms with E-state index in [2.05, 4.69) is 0 Å². The minimum absolute atomic E-state index is 0.203. The predicted octanol–water partition coefficient (Wildman–Crippen LogP) is -2.18. The Morgan fingerprint density at radius 2 is 1.50 bits per heavy atom. The SMILES string of the molecule is CC1OC(OCCOCCOCCN)C(O)C(O)C1O. The summed E-state index contributed by atoms with van der Waals surface area (Å²) in [5.41, 5.74) is 5.26. The number of aliphatic hydroxyl groups excluding tert-OH is 3. The van der Waals surface area contributed by atoms with Gasteiger partial charge in [0.25, 0.3) is 0 Å². The Kier molecular flexibility index (Phi) is 8.50. The van der Waals surface area contributed by atoms with E-state index in [1.807, 2.05) is 0 Å². The van der Waals surface area contributed by atoms with Crippen LogP contribution in [0.3, 0.4) is 0 Å². The maximum absolute atomic E-state index is 9.69. The zero-order chi connectivity index (χ0) is 15.0. The van der Waals surface area contributed by atoms with Crippen molar-refractivity contribution in [2.24, 2.45) is 5.73 Å². The summed E-state index contributed by atoms with van der Waals surface area (Å²) < 4.78 is 20.9. The summed E-state index contributed by atoms with van der Waals surface area (Å²) in [4.78, 5) is 0. The van der Waals surface area contributed by atoms with Crippen LogP contribution in [0, 0.1) is 0 Å². The molecule has 0 aromatic heterocycles. The summed E-state index contributed by atoms with van der Waals surface area (Å²) >= 11 is 0. The molecule has 0 saturated carbocycles. The van der Waals surface area contributed by atoms with Gasteiger partial charge in [0.05, 0.1) is 39.1 Å². The number of nitrogens with two attached hydrogens (primary N) is 1. The molecular formula is C12H25NO7. The van der Waals surface area contributed by atoms with Crippen molar-refractivity contribution in [2.75, 3.05) is 39.6 Å². The van der Waals surface area contributed by atoms with Crippen molar-refractivity contribution in [3.05, 3.63) is 0 Å². The highest BCUT2D eigenvalue weighted by atomic mass is 16.7. The minimum Gasteiger partial charge on any atom is -0.388 e. The molecule has 0 spiro atoms. The molecular weight excluding hydrogens is 270 g/mol. The normalized spacial score (nSPS) is 34.4. The van der Waals surface area contributed by atoms with E-state index < -0.39 is 30.7 Å². The highest BCUT2D eigenvalue weighted by Gasteiger charge is 2.42. The van der Waals surface area contributed by atoms with Crippen molar-refractivity contribution in [1.82, 2.24) is 0 Å². The molecule has 8 nitrogen and oxygen atoms in total. The number of hydrogen-bond donors (Lipinski definition) is 4. The standard InChI is InChI=1S/C12H25NO7/c1-8-9(14)10(15)11(16)12(20-8)19-7-6-18-5-4-17-3-2-13/h8-12,14-16H,2-7,13H2,1H3. The van der Waals surface area contributed by atoms with E-state index in [0.717, 1.165) is 0 Å². The molecule has 8 heteroatoms. The van der Waals surface area contributed by atoms with Gasteiger partial charge in [-0.2, -0.15) is 0 Å². The van der Waals surface area contributed by atoms with Crippen LogP contribution < -0.4 is 5.73 Å². The largest absolute Gasteiger partial charge is 0.388 e. The molecule has 0 aliphatic carbocycles. The summed E-state index contributed by atoms with van der Waals surface area (Å²) in [7, 11) is 0. The lowest BCUT2D eigenvalue weighted by molar-refractivity contribution is -0.294. The van der Waals surface area contributed by atoms with Gasteiger partial charge in [-0.15, -0.1) is 0 Å². The van der Waals surface area contributed by atoms with Crippen molar-refractivity contribution < 1.29 is 34.3 Å². The van der Waals surface area contributed by atoms with Crippen molar-refractivity contribution in [1.29, 1.82) is 0 Å². The lowest BCUT2D eigenvalue weighted by atomic mass is 10.0. The third kappa shape index (κ3) is 5.58. The molecule has 0 aromatic carbocycles. The van der Waals surface area contributed by atoms with E-state index in [0.29, 0.717) is 33.0 Å². The third-order valence-corrected chi connectivity index (χ3v) is 2.95. The van der Waals surface area contributed by atoms with E-state index in [1.165, 1.54) is 0 Å². The van der Waals surface area contributed by atoms with Crippen LogP contribution in [0.15, 0.2) is 0 Å². The fourth-order valence-electron chi connectivity index (χ4n) is 1.78. The fraction of sp³-hybridized carbons (Fsp3) is 1.00. The van der Waals surface area contributed by atoms with Gasteiger partial charge in [-0.3, -0.25) is 0 Å². The maximum Gasteiger partial charge on any atom is 0.186 e.